The van der Waals surface area contributed by atoms with Crippen LogP contribution in [0.3, 0.4) is 0 Å². The van der Waals surface area contributed by atoms with E-state index in [-0.39, 0.29) is 11.5 Å². The molecule has 18 heavy (non-hydrogen) atoms. The van der Waals surface area contributed by atoms with Crippen LogP contribution in [0.2, 0.25) is 0 Å². The van der Waals surface area contributed by atoms with Crippen molar-refractivity contribution in [2.75, 3.05) is 19.6 Å². The monoisotopic (exact) mass is 251 g/mol. The summed E-state index contributed by atoms with van der Waals surface area (Å²) in [7, 11) is 0. The van der Waals surface area contributed by atoms with Gasteiger partial charge in [0.05, 0.1) is 6.10 Å². The van der Waals surface area contributed by atoms with Crippen molar-refractivity contribution in [2.24, 2.45) is 23.2 Å². The van der Waals surface area contributed by atoms with Crippen LogP contribution in [0, 0.1) is 23.2 Å². The van der Waals surface area contributed by atoms with Crippen LogP contribution in [-0.2, 0) is 0 Å². The molecule has 2 unspecified atom stereocenters. The lowest BCUT2D eigenvalue weighted by molar-refractivity contribution is 0.0314. The SMILES string of the molecule is CC1(C)CCC(CN(CC2CC2)CC2CC2)C1O. The fraction of sp³-hybridized carbons (Fsp3) is 1.00. The van der Waals surface area contributed by atoms with Crippen molar-refractivity contribution in [3.05, 3.63) is 0 Å². The van der Waals surface area contributed by atoms with Crippen molar-refractivity contribution in [2.45, 2.75) is 58.5 Å². The van der Waals surface area contributed by atoms with E-state index >= 15 is 0 Å². The minimum Gasteiger partial charge on any atom is -0.392 e. The van der Waals surface area contributed by atoms with Gasteiger partial charge in [0.25, 0.3) is 0 Å². The van der Waals surface area contributed by atoms with Gasteiger partial charge in [-0.25, -0.2) is 0 Å². The quantitative estimate of drug-likeness (QED) is 0.784. The van der Waals surface area contributed by atoms with Crippen molar-refractivity contribution in [1.82, 2.24) is 4.90 Å². The highest BCUT2D eigenvalue weighted by atomic mass is 16.3. The maximum Gasteiger partial charge on any atom is 0.0631 e. The Hall–Kier alpha value is -0.0800. The first-order chi connectivity index (χ1) is 8.54. The van der Waals surface area contributed by atoms with Crippen LogP contribution in [0.25, 0.3) is 0 Å². The van der Waals surface area contributed by atoms with Crippen LogP contribution in [0.5, 0.6) is 0 Å². The molecule has 104 valence electrons. The second-order valence-electron chi connectivity index (χ2n) is 7.84. The Morgan fingerprint density at radius 1 is 0.944 bits per heavy atom. The van der Waals surface area contributed by atoms with Crippen molar-refractivity contribution in [3.63, 3.8) is 0 Å². The molecule has 3 aliphatic carbocycles. The molecule has 0 bridgehead atoms. The van der Waals surface area contributed by atoms with Gasteiger partial charge < -0.3 is 10.0 Å². The second-order valence-corrected chi connectivity index (χ2v) is 7.84. The molecule has 0 aromatic rings. The molecule has 3 saturated carbocycles. The molecule has 0 saturated heterocycles. The molecule has 3 fully saturated rings. The minimum absolute atomic E-state index is 0.0848. The van der Waals surface area contributed by atoms with Crippen molar-refractivity contribution >= 4 is 0 Å². The molecule has 0 heterocycles. The highest BCUT2D eigenvalue weighted by molar-refractivity contribution is 4.93. The van der Waals surface area contributed by atoms with Gasteiger partial charge in [0.15, 0.2) is 0 Å². The lowest BCUT2D eigenvalue weighted by Gasteiger charge is -2.30. The smallest absolute Gasteiger partial charge is 0.0631 e. The van der Waals surface area contributed by atoms with E-state index in [1.165, 1.54) is 51.6 Å². The van der Waals surface area contributed by atoms with Crippen LogP contribution in [0.15, 0.2) is 0 Å². The van der Waals surface area contributed by atoms with Gasteiger partial charge in [-0.1, -0.05) is 13.8 Å². The summed E-state index contributed by atoms with van der Waals surface area (Å²) in [5.74, 6) is 2.49. The van der Waals surface area contributed by atoms with E-state index in [1.54, 1.807) is 0 Å². The predicted octanol–water partition coefficient (Wildman–Crippen LogP) is 2.91. The third-order valence-corrected chi connectivity index (χ3v) is 5.33. The first-order valence-electron chi connectivity index (χ1n) is 7.95. The van der Waals surface area contributed by atoms with E-state index in [9.17, 15) is 5.11 Å². The summed E-state index contributed by atoms with van der Waals surface area (Å²) in [5.41, 5.74) is 0.148. The number of hydrogen-bond acceptors (Lipinski definition) is 2. The van der Waals surface area contributed by atoms with Crippen LogP contribution in [0.1, 0.15) is 52.4 Å². The number of hydrogen-bond donors (Lipinski definition) is 1. The van der Waals surface area contributed by atoms with Crippen molar-refractivity contribution < 1.29 is 5.11 Å². The summed E-state index contributed by atoms with van der Waals surface area (Å²) in [6.45, 7) is 8.21. The molecule has 0 spiro atoms. The summed E-state index contributed by atoms with van der Waals surface area (Å²) < 4.78 is 0. The van der Waals surface area contributed by atoms with Gasteiger partial charge >= 0.3 is 0 Å². The summed E-state index contributed by atoms with van der Waals surface area (Å²) in [5, 5.41) is 10.4. The Kier molecular flexibility index (Phi) is 3.44. The van der Waals surface area contributed by atoms with E-state index in [0.29, 0.717) is 5.92 Å². The zero-order chi connectivity index (χ0) is 12.8. The Morgan fingerprint density at radius 3 is 1.89 bits per heavy atom. The second kappa shape index (κ2) is 4.79. The molecule has 2 nitrogen and oxygen atoms in total. The van der Waals surface area contributed by atoms with Gasteiger partial charge in [0.2, 0.25) is 0 Å². The molecule has 0 amide bonds. The third kappa shape index (κ3) is 3.08. The Labute approximate surface area is 112 Å². The summed E-state index contributed by atoms with van der Waals surface area (Å²) in [4.78, 5) is 2.69. The molecule has 1 N–H and O–H groups in total. The topological polar surface area (TPSA) is 23.5 Å². The van der Waals surface area contributed by atoms with E-state index in [4.69, 9.17) is 0 Å². The van der Waals surface area contributed by atoms with Gasteiger partial charge in [0.1, 0.15) is 0 Å². The molecule has 0 aliphatic heterocycles. The highest BCUT2D eigenvalue weighted by Gasteiger charge is 2.42. The molecular formula is C16H29NO. The van der Waals surface area contributed by atoms with Crippen LogP contribution < -0.4 is 0 Å². The van der Waals surface area contributed by atoms with E-state index in [0.717, 1.165) is 18.4 Å². The minimum atomic E-state index is -0.0848. The molecule has 2 atom stereocenters. The molecule has 2 heteroatoms. The van der Waals surface area contributed by atoms with Crippen molar-refractivity contribution in [1.29, 1.82) is 0 Å². The average Bonchev–Trinajstić information content (AvgIpc) is 3.18. The van der Waals surface area contributed by atoms with Crippen molar-refractivity contribution in [3.8, 4) is 0 Å². The van der Waals surface area contributed by atoms with Gasteiger partial charge in [-0.05, 0) is 61.7 Å². The first kappa shape index (κ1) is 12.9. The van der Waals surface area contributed by atoms with Gasteiger partial charge in [-0.15, -0.1) is 0 Å². The fourth-order valence-electron chi connectivity index (χ4n) is 3.58. The van der Waals surface area contributed by atoms with Crippen LogP contribution in [0.4, 0.5) is 0 Å². The standard InChI is InChI=1S/C16H29NO/c1-16(2)8-7-14(15(16)18)11-17(9-12-3-4-12)10-13-5-6-13/h12-15,18H,3-11H2,1-2H3. The first-order valence-corrected chi connectivity index (χ1v) is 7.95. The average molecular weight is 251 g/mol. The molecule has 0 aromatic heterocycles. The van der Waals surface area contributed by atoms with E-state index in [1.807, 2.05) is 0 Å². The number of aliphatic hydroxyl groups is 1. The van der Waals surface area contributed by atoms with E-state index < -0.39 is 0 Å². The number of rotatable bonds is 6. The Bertz CT molecular complexity index is 279. The largest absolute Gasteiger partial charge is 0.392 e. The molecule has 0 radical (unpaired) electrons. The number of nitrogens with zero attached hydrogens (tertiary/aromatic N) is 1. The predicted molar refractivity (Wildman–Crippen MR) is 74.4 cm³/mol. The van der Waals surface area contributed by atoms with Crippen LogP contribution >= 0.6 is 0 Å². The van der Waals surface area contributed by atoms with Crippen LogP contribution in [-0.4, -0.2) is 35.7 Å². The highest BCUT2D eigenvalue weighted by Crippen LogP contribution is 2.42. The lowest BCUT2D eigenvalue weighted by Crippen LogP contribution is -2.38. The Morgan fingerprint density at radius 2 is 1.50 bits per heavy atom. The zero-order valence-electron chi connectivity index (χ0n) is 12.1. The summed E-state index contributed by atoms with van der Waals surface area (Å²) >= 11 is 0. The molecule has 3 aliphatic rings. The lowest BCUT2D eigenvalue weighted by atomic mass is 9.87. The molecule has 0 aromatic carbocycles. The number of aliphatic hydroxyl groups excluding tert-OH is 1. The van der Waals surface area contributed by atoms with Gasteiger partial charge in [-0.3, -0.25) is 0 Å². The normalized spacial score (nSPS) is 35.3. The maximum atomic E-state index is 10.4. The molecule has 3 rings (SSSR count). The summed E-state index contributed by atoms with van der Waals surface area (Å²) in [6, 6.07) is 0. The fourth-order valence-corrected chi connectivity index (χ4v) is 3.58. The Balaban J connectivity index is 1.54. The van der Waals surface area contributed by atoms with E-state index in [2.05, 4.69) is 18.7 Å². The van der Waals surface area contributed by atoms with Gasteiger partial charge in [-0.2, -0.15) is 0 Å². The summed E-state index contributed by atoms with van der Waals surface area (Å²) in [6.07, 6.45) is 8.11. The molecular weight excluding hydrogens is 222 g/mol. The third-order valence-electron chi connectivity index (χ3n) is 5.33. The van der Waals surface area contributed by atoms with Gasteiger partial charge in [0, 0.05) is 19.6 Å². The zero-order valence-corrected chi connectivity index (χ0v) is 12.1. The maximum absolute atomic E-state index is 10.4.